The molecule has 0 unspecified atom stereocenters. The summed E-state index contributed by atoms with van der Waals surface area (Å²) in [6.45, 7) is 3.81. The number of methoxy groups -OCH3 is 2. The molecule has 0 bridgehead atoms. The largest absolute Gasteiger partial charge is 0.468 e. The van der Waals surface area contributed by atoms with E-state index in [1.54, 1.807) is 26.1 Å². The lowest BCUT2D eigenvalue weighted by atomic mass is 10.1. The average Bonchev–Trinajstić information content (AvgIpc) is 3.08. The van der Waals surface area contributed by atoms with Crippen molar-refractivity contribution in [1.29, 1.82) is 0 Å². The molecule has 0 aliphatic carbocycles. The monoisotopic (exact) mass is 695 g/mol. The molecule has 0 aromatic rings. The van der Waals surface area contributed by atoms with E-state index in [1.807, 2.05) is 24.3 Å². The van der Waals surface area contributed by atoms with Crippen LogP contribution in [-0.4, -0.2) is 98.4 Å². The van der Waals surface area contributed by atoms with Gasteiger partial charge in [0, 0.05) is 23.8 Å². The van der Waals surface area contributed by atoms with Gasteiger partial charge in [-0.3, -0.25) is 24.0 Å². The number of aliphatic hydroxyl groups is 1. The highest BCUT2D eigenvalue weighted by Crippen LogP contribution is 2.22. The Morgan fingerprint density at radius 2 is 1.58 bits per heavy atom. The van der Waals surface area contributed by atoms with Crippen LogP contribution in [0.25, 0.3) is 0 Å². The van der Waals surface area contributed by atoms with E-state index in [0.717, 1.165) is 12.8 Å². The van der Waals surface area contributed by atoms with Gasteiger partial charge in [-0.05, 0) is 52.5 Å². The lowest BCUT2D eigenvalue weighted by molar-refractivity contribution is -0.144. The Kier molecular flexibility index (Phi) is 27.6. The molecule has 0 aromatic heterocycles. The fourth-order valence-electron chi connectivity index (χ4n) is 4.22. The number of likely N-dealkylation sites (N-methyl/N-ethyl adjacent to an activating group) is 1. The first kappa shape index (κ1) is 44.6. The minimum absolute atomic E-state index is 0.0589. The molecule has 0 heterocycles. The molecule has 0 radical (unpaired) electrons. The van der Waals surface area contributed by atoms with Crippen molar-refractivity contribution < 1.29 is 43.3 Å². The third kappa shape index (κ3) is 23.0. The molecule has 12 nitrogen and oxygen atoms in total. The van der Waals surface area contributed by atoms with Crippen LogP contribution in [0.3, 0.4) is 0 Å². The van der Waals surface area contributed by atoms with Gasteiger partial charge >= 0.3 is 17.9 Å². The van der Waals surface area contributed by atoms with E-state index >= 15 is 0 Å². The summed E-state index contributed by atoms with van der Waals surface area (Å²) < 4.78 is 14.3. The number of allylic oxidation sites excluding steroid dienone is 7. The zero-order chi connectivity index (χ0) is 36.0. The Morgan fingerprint density at radius 3 is 2.25 bits per heavy atom. The van der Waals surface area contributed by atoms with Crippen molar-refractivity contribution in [2.24, 2.45) is 0 Å². The highest BCUT2D eigenvalue weighted by atomic mass is 32.2. The third-order valence-electron chi connectivity index (χ3n) is 6.98. The van der Waals surface area contributed by atoms with Crippen LogP contribution in [0, 0.1) is 0 Å². The molecule has 0 aliphatic heterocycles. The molecule has 13 heteroatoms. The Balaban J connectivity index is 5.61. The average molecular weight is 696 g/mol. The number of thioether (sulfide) groups is 1. The molecule has 0 aromatic carbocycles. The molecular weight excluding hydrogens is 638 g/mol. The highest BCUT2D eigenvalue weighted by Gasteiger charge is 2.26. The van der Waals surface area contributed by atoms with Crippen molar-refractivity contribution in [1.82, 2.24) is 16.0 Å². The Labute approximate surface area is 290 Å². The number of hydrogen-bond acceptors (Lipinski definition) is 11. The van der Waals surface area contributed by atoms with Gasteiger partial charge in [-0.2, -0.15) is 0 Å². The second-order valence-corrected chi connectivity index (χ2v) is 12.0. The molecule has 272 valence electrons. The maximum absolute atomic E-state index is 13.0. The SMILES string of the molecule is CCCCC/C=C\C\C=C/C=C/C=C/[C@@H](SC[C@H](NC(=O)CC[C@H](NC)C(=O)OC)C(=O)NCC(=O)OC)[C@@H](O)CCCC(=O)OCC. The zero-order valence-corrected chi connectivity index (χ0v) is 30.1. The quantitative estimate of drug-likeness (QED) is 0.0325. The minimum atomic E-state index is -1.06. The van der Waals surface area contributed by atoms with E-state index in [4.69, 9.17) is 9.47 Å². The topological polar surface area (TPSA) is 169 Å². The van der Waals surface area contributed by atoms with Gasteiger partial charge in [0.15, 0.2) is 0 Å². The molecule has 0 aliphatic rings. The second kappa shape index (κ2) is 29.7. The van der Waals surface area contributed by atoms with Gasteiger partial charge in [0.05, 0.1) is 26.9 Å². The predicted octanol–water partition coefficient (Wildman–Crippen LogP) is 3.69. The number of esters is 3. The number of unbranched alkanes of at least 4 members (excludes halogenated alkanes) is 3. The van der Waals surface area contributed by atoms with Crippen molar-refractivity contribution in [2.75, 3.05) is 40.2 Å². The Hall–Kier alpha value is -3.42. The maximum Gasteiger partial charge on any atom is 0.325 e. The van der Waals surface area contributed by atoms with Crippen LogP contribution in [0.2, 0.25) is 0 Å². The van der Waals surface area contributed by atoms with Gasteiger partial charge in [-0.15, -0.1) is 11.8 Å². The number of aliphatic hydroxyl groups excluding tert-OH is 1. The fraction of sp³-hybridized carbons (Fsp3) is 0.629. The van der Waals surface area contributed by atoms with Gasteiger partial charge in [0.1, 0.15) is 18.6 Å². The summed E-state index contributed by atoms with van der Waals surface area (Å²) in [7, 11) is 4.02. The van der Waals surface area contributed by atoms with Crippen molar-refractivity contribution >= 4 is 41.5 Å². The van der Waals surface area contributed by atoms with Crippen LogP contribution < -0.4 is 16.0 Å². The summed E-state index contributed by atoms with van der Waals surface area (Å²) in [6, 6.07) is -1.76. The van der Waals surface area contributed by atoms with Crippen LogP contribution in [0.5, 0.6) is 0 Å². The Morgan fingerprint density at radius 1 is 0.833 bits per heavy atom. The smallest absolute Gasteiger partial charge is 0.325 e. The number of nitrogens with one attached hydrogen (secondary N) is 3. The number of hydrogen-bond donors (Lipinski definition) is 4. The van der Waals surface area contributed by atoms with E-state index < -0.39 is 47.2 Å². The summed E-state index contributed by atoms with van der Waals surface area (Å²) in [5.74, 6) is -2.54. The van der Waals surface area contributed by atoms with Crippen LogP contribution in [0.15, 0.2) is 48.6 Å². The van der Waals surface area contributed by atoms with Crippen LogP contribution >= 0.6 is 11.8 Å². The number of carbonyl (C=O) groups excluding carboxylic acids is 5. The molecule has 4 atom stereocenters. The van der Waals surface area contributed by atoms with Gasteiger partial charge in [-0.25, -0.2) is 0 Å². The molecule has 0 spiro atoms. The first-order valence-corrected chi connectivity index (χ1v) is 17.7. The van der Waals surface area contributed by atoms with E-state index in [2.05, 4.69) is 39.8 Å². The molecule has 0 saturated heterocycles. The molecule has 0 rings (SSSR count). The molecule has 2 amide bonds. The van der Waals surface area contributed by atoms with Gasteiger partial charge in [-0.1, -0.05) is 68.4 Å². The van der Waals surface area contributed by atoms with Crippen molar-refractivity contribution in [3.05, 3.63) is 48.6 Å². The summed E-state index contributed by atoms with van der Waals surface area (Å²) in [6.07, 6.45) is 21.3. The highest BCUT2D eigenvalue weighted by molar-refractivity contribution is 8.00. The predicted molar refractivity (Wildman–Crippen MR) is 189 cm³/mol. The number of ether oxygens (including phenoxy) is 3. The van der Waals surface area contributed by atoms with Gasteiger partial charge in [0.25, 0.3) is 0 Å². The molecular formula is C35H57N3O9S. The maximum atomic E-state index is 13.0. The van der Waals surface area contributed by atoms with E-state index in [1.165, 1.54) is 45.2 Å². The zero-order valence-electron chi connectivity index (χ0n) is 29.2. The van der Waals surface area contributed by atoms with Crippen molar-refractivity contribution in [2.45, 2.75) is 101 Å². The molecule has 0 saturated carbocycles. The normalized spacial score (nSPS) is 14.2. The summed E-state index contributed by atoms with van der Waals surface area (Å²) in [5, 5.41) is 18.5. The van der Waals surface area contributed by atoms with Crippen molar-refractivity contribution in [3.8, 4) is 0 Å². The fourth-order valence-corrected chi connectivity index (χ4v) is 5.43. The van der Waals surface area contributed by atoms with E-state index in [-0.39, 0.29) is 44.1 Å². The van der Waals surface area contributed by atoms with Crippen LogP contribution in [0.4, 0.5) is 0 Å². The van der Waals surface area contributed by atoms with Gasteiger partial charge < -0.3 is 35.3 Å². The lowest BCUT2D eigenvalue weighted by Crippen LogP contribution is -2.50. The number of carbonyl (C=O) groups is 5. The van der Waals surface area contributed by atoms with E-state index in [9.17, 15) is 29.1 Å². The van der Waals surface area contributed by atoms with Crippen LogP contribution in [0.1, 0.15) is 78.1 Å². The minimum Gasteiger partial charge on any atom is -0.468 e. The molecule has 4 N–H and O–H groups in total. The Bertz CT molecular complexity index is 1060. The van der Waals surface area contributed by atoms with Crippen LogP contribution in [-0.2, 0) is 38.2 Å². The third-order valence-corrected chi connectivity index (χ3v) is 8.37. The standard InChI is InChI=1S/C35H57N3O9S/c1-6-8-9-10-11-12-13-14-15-16-17-18-21-30(29(39)20-19-22-32(41)47-7-2)48-26-28(34(43)37-25-33(42)45-4)38-31(40)24-23-27(36-3)35(44)46-5/h11-12,14-18,21,27-30,36,39H,6-10,13,19-20,22-26H2,1-5H3,(H,37,43)(H,38,40)/b12-11-,15-14-,17-16+,21-18+/t27-,28-,29-,30+/m0/s1. The molecule has 48 heavy (non-hydrogen) atoms. The first-order chi connectivity index (χ1) is 23.1. The summed E-state index contributed by atoms with van der Waals surface area (Å²) >= 11 is 1.25. The van der Waals surface area contributed by atoms with E-state index in [0.29, 0.717) is 12.8 Å². The lowest BCUT2D eigenvalue weighted by Gasteiger charge is -2.23. The number of rotatable bonds is 27. The van der Waals surface area contributed by atoms with Gasteiger partial charge in [0.2, 0.25) is 11.8 Å². The number of amides is 2. The van der Waals surface area contributed by atoms with Crippen molar-refractivity contribution in [3.63, 3.8) is 0 Å². The first-order valence-electron chi connectivity index (χ1n) is 16.6. The summed E-state index contributed by atoms with van der Waals surface area (Å²) in [4.78, 5) is 61.2. The molecule has 0 fully saturated rings. The second-order valence-electron chi connectivity index (χ2n) is 10.8. The summed E-state index contributed by atoms with van der Waals surface area (Å²) in [5.41, 5.74) is 0.